The normalized spacial score (nSPS) is 45.0. The number of carbonyl (C=O) groups is 1. The van der Waals surface area contributed by atoms with Crippen molar-refractivity contribution >= 4 is 5.97 Å². The molecule has 0 aromatic heterocycles. The predicted octanol–water partition coefficient (Wildman–Crippen LogP) is -3.48. The van der Waals surface area contributed by atoms with Crippen molar-refractivity contribution in [1.29, 1.82) is 0 Å². The molecule has 0 saturated carbocycles. The van der Waals surface area contributed by atoms with E-state index in [-0.39, 0.29) is 0 Å². The molecule has 0 aromatic carbocycles. The average molecular weight is 412 g/mol. The number of aliphatic hydroxyl groups excluding tert-OH is 6. The Morgan fingerprint density at radius 1 is 0.929 bits per heavy atom. The molecule has 12 nitrogen and oxygen atoms in total. The van der Waals surface area contributed by atoms with Gasteiger partial charge in [-0.15, -0.1) is 0 Å². The summed E-state index contributed by atoms with van der Waals surface area (Å²) in [5.74, 6) is -1.60. The Bertz CT molecular complexity index is 534. The van der Waals surface area contributed by atoms with E-state index in [1.54, 1.807) is 20.8 Å². The summed E-state index contributed by atoms with van der Waals surface area (Å²) in [5.41, 5.74) is -0.738. The van der Waals surface area contributed by atoms with Crippen LogP contribution >= 0.6 is 0 Å². The van der Waals surface area contributed by atoms with Crippen molar-refractivity contribution in [3.8, 4) is 0 Å². The number of ether oxygens (including phenoxy) is 4. The summed E-state index contributed by atoms with van der Waals surface area (Å²) in [6.07, 6.45) is -16.6. The summed E-state index contributed by atoms with van der Waals surface area (Å²) in [5, 5.41) is 68.8. The zero-order chi connectivity index (χ0) is 21.4. The van der Waals surface area contributed by atoms with Gasteiger partial charge in [-0.1, -0.05) is 0 Å². The Kier molecular flexibility index (Phi) is 7.37. The van der Waals surface area contributed by atoms with Crippen LogP contribution in [0.25, 0.3) is 0 Å². The van der Waals surface area contributed by atoms with Crippen LogP contribution < -0.4 is 0 Å². The summed E-state index contributed by atoms with van der Waals surface area (Å²) in [4.78, 5) is 11.4. The van der Waals surface area contributed by atoms with Gasteiger partial charge in [-0.05, 0) is 20.8 Å². The van der Waals surface area contributed by atoms with E-state index in [2.05, 4.69) is 0 Å². The quantitative estimate of drug-likeness (QED) is 0.236. The third-order valence-electron chi connectivity index (χ3n) is 4.41. The molecule has 0 aromatic rings. The summed E-state index contributed by atoms with van der Waals surface area (Å²) >= 11 is 0. The Balaban J connectivity index is 2.19. The highest BCUT2D eigenvalue weighted by atomic mass is 16.7. The van der Waals surface area contributed by atoms with Crippen LogP contribution in [0.1, 0.15) is 20.8 Å². The minimum absolute atomic E-state index is 0.613. The first-order valence-corrected chi connectivity index (χ1v) is 8.75. The number of hydrogen-bond donors (Lipinski definition) is 7. The molecule has 2 aliphatic heterocycles. The molecular formula is C16H28O12. The van der Waals surface area contributed by atoms with Gasteiger partial charge in [-0.3, -0.25) is 0 Å². The van der Waals surface area contributed by atoms with E-state index in [0.29, 0.717) is 0 Å². The highest BCUT2D eigenvalue weighted by molar-refractivity contribution is 5.73. The van der Waals surface area contributed by atoms with E-state index in [1.807, 2.05) is 0 Å². The van der Waals surface area contributed by atoms with Crippen LogP contribution in [0.4, 0.5) is 0 Å². The van der Waals surface area contributed by atoms with Crippen molar-refractivity contribution < 1.29 is 59.5 Å². The lowest BCUT2D eigenvalue weighted by Gasteiger charge is -2.46. The van der Waals surface area contributed by atoms with E-state index >= 15 is 0 Å². The van der Waals surface area contributed by atoms with Crippen molar-refractivity contribution in [2.24, 2.45) is 0 Å². The van der Waals surface area contributed by atoms with E-state index < -0.39 is 79.6 Å². The molecule has 0 bridgehead atoms. The standard InChI is InChI=1S/C16H28O12/c1-16(2,3)28-10-5(4-17)25-15(9(21)7(10)19)27-11-6(18)8(20)14(24)26-12(11)13(22)23/h5-12,14-15,17-21,24H,4H2,1-3H3,(H,22,23). The second-order valence-corrected chi connectivity index (χ2v) is 7.77. The SMILES string of the molecule is CC(C)(C)OC1C(CO)OC(OC2C(C(=O)O)OC(O)C(O)C2O)C(O)C1O. The molecule has 10 unspecified atom stereocenters. The molecule has 28 heavy (non-hydrogen) atoms. The fraction of sp³-hybridized carbons (Fsp3) is 0.938. The van der Waals surface area contributed by atoms with Crippen molar-refractivity contribution in [1.82, 2.24) is 0 Å². The second kappa shape index (κ2) is 8.83. The molecule has 164 valence electrons. The molecule has 2 fully saturated rings. The average Bonchev–Trinajstić information content (AvgIpc) is 2.59. The minimum Gasteiger partial charge on any atom is -0.479 e. The van der Waals surface area contributed by atoms with E-state index in [9.17, 15) is 40.5 Å². The maximum Gasteiger partial charge on any atom is 0.335 e. The summed E-state index contributed by atoms with van der Waals surface area (Å²) in [7, 11) is 0. The molecule has 12 heteroatoms. The monoisotopic (exact) mass is 412 g/mol. The first-order chi connectivity index (χ1) is 12.9. The van der Waals surface area contributed by atoms with Gasteiger partial charge in [0, 0.05) is 0 Å². The number of carboxylic acids is 1. The molecule has 2 heterocycles. The van der Waals surface area contributed by atoms with Crippen LogP contribution in [0.15, 0.2) is 0 Å². The summed E-state index contributed by atoms with van der Waals surface area (Å²) in [6, 6.07) is 0. The van der Waals surface area contributed by atoms with Crippen LogP contribution in [0, 0.1) is 0 Å². The van der Waals surface area contributed by atoms with Crippen LogP contribution in [-0.4, -0.2) is 115 Å². The molecule has 7 N–H and O–H groups in total. The van der Waals surface area contributed by atoms with Crippen molar-refractivity contribution in [3.63, 3.8) is 0 Å². The van der Waals surface area contributed by atoms with Crippen LogP contribution in [-0.2, 0) is 23.7 Å². The highest BCUT2D eigenvalue weighted by Crippen LogP contribution is 2.31. The zero-order valence-corrected chi connectivity index (χ0v) is 15.7. The van der Waals surface area contributed by atoms with Gasteiger partial charge < -0.3 is 54.7 Å². The first-order valence-electron chi connectivity index (χ1n) is 8.75. The molecule has 0 aliphatic carbocycles. The Hall–Kier alpha value is -0.930. The number of aliphatic carboxylic acids is 1. The van der Waals surface area contributed by atoms with Gasteiger partial charge in [-0.2, -0.15) is 0 Å². The van der Waals surface area contributed by atoms with Crippen molar-refractivity contribution in [2.75, 3.05) is 6.61 Å². The third-order valence-corrected chi connectivity index (χ3v) is 4.41. The second-order valence-electron chi connectivity index (χ2n) is 7.77. The first kappa shape index (κ1) is 23.3. The van der Waals surface area contributed by atoms with Gasteiger partial charge >= 0.3 is 5.97 Å². The smallest absolute Gasteiger partial charge is 0.335 e. The van der Waals surface area contributed by atoms with Crippen molar-refractivity contribution in [3.05, 3.63) is 0 Å². The van der Waals surface area contributed by atoms with Gasteiger partial charge in [0.1, 0.15) is 42.7 Å². The summed E-state index contributed by atoms with van der Waals surface area (Å²) < 4.78 is 21.1. The van der Waals surface area contributed by atoms with Crippen LogP contribution in [0.3, 0.4) is 0 Å². The number of rotatable bonds is 5. The Morgan fingerprint density at radius 3 is 2.00 bits per heavy atom. The largest absolute Gasteiger partial charge is 0.479 e. The molecule has 2 rings (SSSR count). The van der Waals surface area contributed by atoms with E-state index in [1.165, 1.54) is 0 Å². The van der Waals surface area contributed by atoms with Gasteiger partial charge in [0.15, 0.2) is 18.7 Å². The lowest BCUT2D eigenvalue weighted by molar-refractivity contribution is -0.357. The Morgan fingerprint density at radius 2 is 1.50 bits per heavy atom. The molecular weight excluding hydrogens is 384 g/mol. The maximum absolute atomic E-state index is 11.4. The molecule has 10 atom stereocenters. The summed E-state index contributed by atoms with van der Waals surface area (Å²) in [6.45, 7) is 4.48. The van der Waals surface area contributed by atoms with Crippen LogP contribution in [0.5, 0.6) is 0 Å². The maximum atomic E-state index is 11.4. The number of carboxylic acid groups (broad SMARTS) is 1. The predicted molar refractivity (Wildman–Crippen MR) is 87.8 cm³/mol. The highest BCUT2D eigenvalue weighted by Gasteiger charge is 2.53. The fourth-order valence-electron chi connectivity index (χ4n) is 3.07. The Labute approximate surface area is 160 Å². The lowest BCUT2D eigenvalue weighted by Crippen LogP contribution is -2.65. The number of hydrogen-bond acceptors (Lipinski definition) is 11. The van der Waals surface area contributed by atoms with Gasteiger partial charge in [0.25, 0.3) is 0 Å². The van der Waals surface area contributed by atoms with Gasteiger partial charge in [0.2, 0.25) is 0 Å². The van der Waals surface area contributed by atoms with Gasteiger partial charge in [0.05, 0.1) is 12.2 Å². The fourth-order valence-corrected chi connectivity index (χ4v) is 3.07. The topological polar surface area (TPSA) is 196 Å². The molecule has 0 spiro atoms. The van der Waals surface area contributed by atoms with Crippen LogP contribution in [0.2, 0.25) is 0 Å². The van der Waals surface area contributed by atoms with Crippen molar-refractivity contribution in [2.45, 2.75) is 87.8 Å². The number of aliphatic hydroxyl groups is 6. The lowest BCUT2D eigenvalue weighted by atomic mass is 9.96. The molecule has 0 radical (unpaired) electrons. The zero-order valence-electron chi connectivity index (χ0n) is 15.7. The van der Waals surface area contributed by atoms with E-state index in [4.69, 9.17) is 18.9 Å². The van der Waals surface area contributed by atoms with Gasteiger partial charge in [-0.25, -0.2) is 4.79 Å². The molecule has 0 amide bonds. The third kappa shape index (κ3) is 4.97. The van der Waals surface area contributed by atoms with E-state index in [0.717, 1.165) is 0 Å². The molecule has 2 aliphatic rings. The molecule has 2 saturated heterocycles. The minimum atomic E-state index is -1.96.